The standard InChI is InChI=1S/C12H22O2S/c1-10(3-7-13)15-11-4-8-14-12(9-11)5-2-6-12/h10-11,13H,2-9H2,1H3. The maximum Gasteiger partial charge on any atom is 0.0693 e. The molecule has 0 bridgehead atoms. The molecule has 1 saturated heterocycles. The zero-order valence-corrected chi connectivity index (χ0v) is 10.4. The van der Waals surface area contributed by atoms with E-state index in [1.54, 1.807) is 0 Å². The Morgan fingerprint density at radius 3 is 2.93 bits per heavy atom. The first-order valence-corrected chi connectivity index (χ1v) is 7.09. The number of hydrogen-bond acceptors (Lipinski definition) is 3. The van der Waals surface area contributed by atoms with Gasteiger partial charge in [-0.3, -0.25) is 0 Å². The van der Waals surface area contributed by atoms with Crippen LogP contribution in [-0.2, 0) is 4.74 Å². The molecule has 1 heterocycles. The van der Waals surface area contributed by atoms with Crippen molar-refractivity contribution in [3.05, 3.63) is 0 Å². The van der Waals surface area contributed by atoms with E-state index >= 15 is 0 Å². The maximum absolute atomic E-state index is 8.89. The van der Waals surface area contributed by atoms with Crippen LogP contribution in [-0.4, -0.2) is 34.4 Å². The van der Waals surface area contributed by atoms with E-state index in [9.17, 15) is 0 Å². The lowest BCUT2D eigenvalue weighted by Crippen LogP contribution is -2.46. The molecule has 1 aliphatic carbocycles. The first-order valence-electron chi connectivity index (χ1n) is 6.14. The van der Waals surface area contributed by atoms with Crippen molar-refractivity contribution >= 4 is 11.8 Å². The molecule has 3 heteroatoms. The van der Waals surface area contributed by atoms with Gasteiger partial charge in [0.05, 0.1) is 5.60 Å². The summed E-state index contributed by atoms with van der Waals surface area (Å²) in [7, 11) is 0. The van der Waals surface area contributed by atoms with Gasteiger partial charge in [-0.25, -0.2) is 0 Å². The number of thioether (sulfide) groups is 1. The van der Waals surface area contributed by atoms with Crippen LogP contribution in [0.4, 0.5) is 0 Å². The van der Waals surface area contributed by atoms with E-state index in [0.717, 1.165) is 18.3 Å². The Hall–Kier alpha value is 0.270. The molecule has 2 nitrogen and oxygen atoms in total. The van der Waals surface area contributed by atoms with Crippen molar-refractivity contribution < 1.29 is 9.84 Å². The molecular weight excluding hydrogens is 208 g/mol. The third-order valence-corrected chi connectivity index (χ3v) is 5.16. The zero-order valence-electron chi connectivity index (χ0n) is 9.58. The minimum Gasteiger partial charge on any atom is -0.396 e. The number of aliphatic hydroxyl groups excluding tert-OH is 1. The fourth-order valence-corrected chi connectivity index (χ4v) is 4.13. The second-order valence-electron chi connectivity index (χ2n) is 4.96. The molecule has 0 aromatic rings. The fraction of sp³-hybridized carbons (Fsp3) is 1.00. The van der Waals surface area contributed by atoms with E-state index in [1.807, 2.05) is 0 Å². The average Bonchev–Trinajstić information content (AvgIpc) is 2.16. The highest BCUT2D eigenvalue weighted by Gasteiger charge is 2.42. The third-order valence-electron chi connectivity index (χ3n) is 3.67. The van der Waals surface area contributed by atoms with Crippen molar-refractivity contribution in [1.29, 1.82) is 0 Å². The van der Waals surface area contributed by atoms with Gasteiger partial charge < -0.3 is 9.84 Å². The Morgan fingerprint density at radius 2 is 2.33 bits per heavy atom. The van der Waals surface area contributed by atoms with Crippen molar-refractivity contribution in [2.45, 2.75) is 61.5 Å². The first kappa shape index (κ1) is 11.7. The van der Waals surface area contributed by atoms with Crippen LogP contribution < -0.4 is 0 Å². The lowest BCUT2D eigenvalue weighted by molar-refractivity contribution is -0.125. The summed E-state index contributed by atoms with van der Waals surface area (Å²) in [6.07, 6.45) is 7.27. The summed E-state index contributed by atoms with van der Waals surface area (Å²) in [6, 6.07) is 0. The number of hydrogen-bond donors (Lipinski definition) is 1. The van der Waals surface area contributed by atoms with Crippen LogP contribution in [0.15, 0.2) is 0 Å². The molecule has 1 saturated carbocycles. The van der Waals surface area contributed by atoms with Crippen molar-refractivity contribution in [2.75, 3.05) is 13.2 Å². The van der Waals surface area contributed by atoms with Gasteiger partial charge in [-0.1, -0.05) is 6.92 Å². The number of aliphatic hydroxyl groups is 1. The van der Waals surface area contributed by atoms with Gasteiger partial charge in [0.25, 0.3) is 0 Å². The second-order valence-corrected chi connectivity index (χ2v) is 6.70. The highest BCUT2D eigenvalue weighted by Crippen LogP contribution is 2.45. The molecular formula is C12H22O2S. The molecule has 0 aromatic carbocycles. The molecule has 2 atom stereocenters. The summed E-state index contributed by atoms with van der Waals surface area (Å²) in [4.78, 5) is 0. The largest absolute Gasteiger partial charge is 0.396 e. The highest BCUT2D eigenvalue weighted by atomic mass is 32.2. The molecule has 1 N–H and O–H groups in total. The van der Waals surface area contributed by atoms with E-state index < -0.39 is 0 Å². The molecule has 88 valence electrons. The van der Waals surface area contributed by atoms with Crippen LogP contribution in [0.2, 0.25) is 0 Å². The molecule has 1 spiro atoms. The second kappa shape index (κ2) is 5.07. The molecule has 2 rings (SSSR count). The number of rotatable bonds is 4. The molecule has 1 aliphatic heterocycles. The number of ether oxygens (including phenoxy) is 1. The summed E-state index contributed by atoms with van der Waals surface area (Å²) >= 11 is 2.06. The fourth-order valence-electron chi connectivity index (χ4n) is 2.60. The smallest absolute Gasteiger partial charge is 0.0693 e. The SMILES string of the molecule is CC(CCO)SC1CCOC2(CCC2)C1. The Morgan fingerprint density at radius 1 is 1.53 bits per heavy atom. The molecule has 0 aromatic heterocycles. The van der Waals surface area contributed by atoms with Gasteiger partial charge in [-0.2, -0.15) is 11.8 Å². The van der Waals surface area contributed by atoms with Gasteiger partial charge in [0.15, 0.2) is 0 Å². The first-order chi connectivity index (χ1) is 7.24. The topological polar surface area (TPSA) is 29.5 Å². The van der Waals surface area contributed by atoms with Crippen LogP contribution in [0.3, 0.4) is 0 Å². The van der Waals surface area contributed by atoms with Crippen LogP contribution in [0.1, 0.15) is 45.4 Å². The van der Waals surface area contributed by atoms with Crippen LogP contribution in [0.5, 0.6) is 0 Å². The predicted molar refractivity (Wildman–Crippen MR) is 64.3 cm³/mol. The Labute approximate surface area is 96.8 Å². The minimum absolute atomic E-state index is 0.273. The van der Waals surface area contributed by atoms with E-state index in [-0.39, 0.29) is 5.60 Å². The molecule has 0 radical (unpaired) electrons. The Bertz CT molecular complexity index is 204. The summed E-state index contributed by atoms with van der Waals surface area (Å²) < 4.78 is 5.91. The molecule has 15 heavy (non-hydrogen) atoms. The molecule has 2 unspecified atom stereocenters. The van der Waals surface area contributed by atoms with Crippen LogP contribution in [0, 0.1) is 0 Å². The molecule has 2 aliphatic rings. The summed E-state index contributed by atoms with van der Waals surface area (Å²) in [5.74, 6) is 0. The molecule has 2 fully saturated rings. The lowest BCUT2D eigenvalue weighted by atomic mass is 9.75. The maximum atomic E-state index is 8.89. The average molecular weight is 230 g/mol. The van der Waals surface area contributed by atoms with Crippen LogP contribution >= 0.6 is 11.8 Å². The summed E-state index contributed by atoms with van der Waals surface area (Å²) in [6.45, 7) is 3.50. The van der Waals surface area contributed by atoms with Crippen LogP contribution in [0.25, 0.3) is 0 Å². The van der Waals surface area contributed by atoms with Gasteiger partial charge in [0, 0.05) is 23.7 Å². The van der Waals surface area contributed by atoms with E-state index in [1.165, 1.54) is 32.1 Å². The van der Waals surface area contributed by atoms with Crippen molar-refractivity contribution in [2.24, 2.45) is 0 Å². The lowest BCUT2D eigenvalue weighted by Gasteiger charge is -2.47. The van der Waals surface area contributed by atoms with Gasteiger partial charge >= 0.3 is 0 Å². The molecule has 0 amide bonds. The van der Waals surface area contributed by atoms with Crippen molar-refractivity contribution in [3.8, 4) is 0 Å². The normalized spacial score (nSPS) is 31.2. The van der Waals surface area contributed by atoms with E-state index in [4.69, 9.17) is 9.84 Å². The Kier molecular flexibility index (Phi) is 3.97. The Balaban J connectivity index is 1.77. The van der Waals surface area contributed by atoms with Gasteiger partial charge in [0.2, 0.25) is 0 Å². The van der Waals surface area contributed by atoms with Gasteiger partial charge in [0.1, 0.15) is 0 Å². The minimum atomic E-state index is 0.273. The van der Waals surface area contributed by atoms with Crippen molar-refractivity contribution in [1.82, 2.24) is 0 Å². The summed E-state index contributed by atoms with van der Waals surface area (Å²) in [5.41, 5.74) is 0.273. The monoisotopic (exact) mass is 230 g/mol. The predicted octanol–water partition coefficient (Wildman–Crippen LogP) is 2.59. The summed E-state index contributed by atoms with van der Waals surface area (Å²) in [5, 5.41) is 10.2. The van der Waals surface area contributed by atoms with Gasteiger partial charge in [-0.05, 0) is 38.5 Å². The van der Waals surface area contributed by atoms with E-state index in [0.29, 0.717) is 11.9 Å². The van der Waals surface area contributed by atoms with Gasteiger partial charge in [-0.15, -0.1) is 0 Å². The highest BCUT2D eigenvalue weighted by molar-refractivity contribution is 8.00. The quantitative estimate of drug-likeness (QED) is 0.805. The third kappa shape index (κ3) is 2.89. The van der Waals surface area contributed by atoms with Crippen molar-refractivity contribution in [3.63, 3.8) is 0 Å². The van der Waals surface area contributed by atoms with E-state index in [2.05, 4.69) is 18.7 Å². The zero-order chi connectivity index (χ0) is 10.7.